The molecule has 0 aromatic carbocycles. The number of fused-ring (bicyclic) bond motifs is 1. The lowest BCUT2D eigenvalue weighted by atomic mass is 10.1. The Bertz CT molecular complexity index is 463. The van der Waals surface area contributed by atoms with Crippen molar-refractivity contribution in [1.82, 2.24) is 14.8 Å². The standard InChI is InChI=1S/C11H13ClN4O/c12-6-9(17)8(7-13)11-15-14-10-4-2-1-3-5-16(10)11/h8H,1-6H2/t8-/m1/s1. The highest BCUT2D eigenvalue weighted by molar-refractivity contribution is 6.28. The van der Waals surface area contributed by atoms with Gasteiger partial charge in [-0.3, -0.25) is 4.79 Å². The van der Waals surface area contributed by atoms with Crippen LogP contribution in [0.3, 0.4) is 0 Å². The molecular weight excluding hydrogens is 240 g/mol. The second-order valence-corrected chi connectivity index (χ2v) is 4.37. The molecule has 5 nitrogen and oxygen atoms in total. The first-order valence-corrected chi connectivity index (χ1v) is 6.21. The van der Waals surface area contributed by atoms with E-state index >= 15 is 0 Å². The fourth-order valence-corrected chi connectivity index (χ4v) is 2.23. The summed E-state index contributed by atoms with van der Waals surface area (Å²) in [6, 6.07) is 1.97. The Morgan fingerprint density at radius 2 is 2.29 bits per heavy atom. The molecule has 0 saturated heterocycles. The molecule has 2 heterocycles. The molecule has 1 aliphatic rings. The van der Waals surface area contributed by atoms with Gasteiger partial charge in [-0.25, -0.2) is 0 Å². The summed E-state index contributed by atoms with van der Waals surface area (Å²) in [6.07, 6.45) is 4.12. The van der Waals surface area contributed by atoms with Crippen molar-refractivity contribution in [3.8, 4) is 6.07 Å². The van der Waals surface area contributed by atoms with Gasteiger partial charge < -0.3 is 4.57 Å². The molecule has 1 aromatic rings. The van der Waals surface area contributed by atoms with Crippen LogP contribution in [0.5, 0.6) is 0 Å². The molecule has 0 aliphatic carbocycles. The zero-order valence-electron chi connectivity index (χ0n) is 9.40. The average Bonchev–Trinajstić information content (AvgIpc) is 2.60. The van der Waals surface area contributed by atoms with E-state index < -0.39 is 5.92 Å². The van der Waals surface area contributed by atoms with Crippen molar-refractivity contribution in [3.63, 3.8) is 0 Å². The van der Waals surface area contributed by atoms with Crippen molar-refractivity contribution in [2.45, 2.75) is 38.1 Å². The van der Waals surface area contributed by atoms with Crippen LogP contribution in [0.2, 0.25) is 0 Å². The summed E-state index contributed by atoms with van der Waals surface area (Å²) in [4.78, 5) is 11.6. The van der Waals surface area contributed by atoms with Crippen molar-refractivity contribution >= 4 is 17.4 Å². The highest BCUT2D eigenvalue weighted by atomic mass is 35.5. The maximum atomic E-state index is 11.6. The number of rotatable bonds is 3. The van der Waals surface area contributed by atoms with Gasteiger partial charge in [0.2, 0.25) is 0 Å². The third-order valence-corrected chi connectivity index (χ3v) is 3.24. The van der Waals surface area contributed by atoms with Crippen molar-refractivity contribution in [3.05, 3.63) is 11.6 Å². The molecule has 1 aliphatic heterocycles. The van der Waals surface area contributed by atoms with Gasteiger partial charge in [0.1, 0.15) is 5.82 Å². The number of Topliss-reactive ketones (excluding diaryl/α,β-unsaturated/α-hetero) is 1. The highest BCUT2D eigenvalue weighted by Crippen LogP contribution is 2.20. The molecule has 90 valence electrons. The van der Waals surface area contributed by atoms with Gasteiger partial charge in [0.05, 0.1) is 11.9 Å². The van der Waals surface area contributed by atoms with E-state index in [0.717, 1.165) is 38.1 Å². The molecule has 0 radical (unpaired) electrons. The minimum absolute atomic E-state index is 0.166. The highest BCUT2D eigenvalue weighted by Gasteiger charge is 2.27. The summed E-state index contributed by atoms with van der Waals surface area (Å²) in [5.74, 6) is -0.0314. The molecule has 6 heteroatoms. The summed E-state index contributed by atoms with van der Waals surface area (Å²) >= 11 is 5.50. The summed E-state index contributed by atoms with van der Waals surface area (Å²) in [5, 5.41) is 17.1. The number of nitrogens with zero attached hydrogens (tertiary/aromatic N) is 4. The molecule has 0 spiro atoms. The molecule has 0 bridgehead atoms. The van der Waals surface area contributed by atoms with Crippen LogP contribution in [0, 0.1) is 11.3 Å². The van der Waals surface area contributed by atoms with E-state index in [9.17, 15) is 4.79 Å². The molecule has 1 aromatic heterocycles. The van der Waals surface area contributed by atoms with Gasteiger partial charge in [-0.05, 0) is 12.8 Å². The first-order valence-electron chi connectivity index (χ1n) is 5.68. The number of aromatic nitrogens is 3. The predicted molar refractivity (Wildman–Crippen MR) is 61.7 cm³/mol. The number of hydrogen-bond acceptors (Lipinski definition) is 4. The summed E-state index contributed by atoms with van der Waals surface area (Å²) < 4.78 is 1.91. The molecule has 1 atom stereocenters. The lowest BCUT2D eigenvalue weighted by molar-refractivity contribution is -0.117. The lowest BCUT2D eigenvalue weighted by Crippen LogP contribution is -2.18. The first kappa shape index (κ1) is 12.1. The average molecular weight is 253 g/mol. The van der Waals surface area contributed by atoms with E-state index in [4.69, 9.17) is 16.9 Å². The molecule has 17 heavy (non-hydrogen) atoms. The second kappa shape index (κ2) is 5.28. The maximum absolute atomic E-state index is 11.6. The van der Waals surface area contributed by atoms with E-state index in [1.165, 1.54) is 0 Å². The van der Waals surface area contributed by atoms with E-state index in [1.54, 1.807) is 0 Å². The molecule has 0 unspecified atom stereocenters. The van der Waals surface area contributed by atoms with Crippen LogP contribution < -0.4 is 0 Å². The van der Waals surface area contributed by atoms with Crippen LogP contribution in [0.15, 0.2) is 0 Å². The lowest BCUT2D eigenvalue weighted by Gasteiger charge is -2.09. The zero-order valence-corrected chi connectivity index (χ0v) is 10.2. The summed E-state index contributed by atoms with van der Waals surface area (Å²) in [7, 11) is 0. The van der Waals surface area contributed by atoms with Crippen LogP contribution >= 0.6 is 11.6 Å². The number of carbonyl (C=O) groups excluding carboxylic acids is 1. The van der Waals surface area contributed by atoms with Crippen LogP contribution in [-0.2, 0) is 17.8 Å². The van der Waals surface area contributed by atoms with E-state index in [0.29, 0.717) is 5.82 Å². The van der Waals surface area contributed by atoms with Gasteiger partial charge in [0.15, 0.2) is 17.5 Å². The third kappa shape index (κ3) is 2.32. The smallest absolute Gasteiger partial charge is 0.172 e. The van der Waals surface area contributed by atoms with Gasteiger partial charge in [-0.15, -0.1) is 21.8 Å². The number of halogens is 1. The molecule has 0 saturated carbocycles. The molecule has 2 rings (SSSR count). The Kier molecular flexibility index (Phi) is 3.75. The van der Waals surface area contributed by atoms with Crippen LogP contribution in [0.4, 0.5) is 0 Å². The third-order valence-electron chi connectivity index (χ3n) is 2.98. The minimum Gasteiger partial charge on any atom is -0.313 e. The minimum atomic E-state index is -0.883. The largest absolute Gasteiger partial charge is 0.313 e. The Morgan fingerprint density at radius 3 is 3.00 bits per heavy atom. The van der Waals surface area contributed by atoms with E-state index in [1.807, 2.05) is 10.6 Å². The van der Waals surface area contributed by atoms with Crippen molar-refractivity contribution in [1.29, 1.82) is 5.26 Å². The molecule has 0 amide bonds. The molecular formula is C11H13ClN4O. The summed E-state index contributed by atoms with van der Waals surface area (Å²) in [5.41, 5.74) is 0. The predicted octanol–water partition coefficient (Wildman–Crippen LogP) is 1.42. The number of carbonyl (C=O) groups is 1. The second-order valence-electron chi connectivity index (χ2n) is 4.10. The summed E-state index contributed by atoms with van der Waals surface area (Å²) in [6.45, 7) is 0.783. The Balaban J connectivity index is 2.35. The number of aryl methyl sites for hydroxylation is 1. The molecule has 0 fully saturated rings. The zero-order chi connectivity index (χ0) is 12.3. The fraction of sp³-hybridized carbons (Fsp3) is 0.636. The quantitative estimate of drug-likeness (QED) is 0.763. The normalized spacial score (nSPS) is 16.7. The topological polar surface area (TPSA) is 71.6 Å². The monoisotopic (exact) mass is 252 g/mol. The van der Waals surface area contributed by atoms with Crippen LogP contribution in [0.25, 0.3) is 0 Å². The Labute approximate surface area is 104 Å². The Morgan fingerprint density at radius 1 is 1.47 bits per heavy atom. The van der Waals surface area contributed by atoms with Crippen LogP contribution in [-0.4, -0.2) is 26.4 Å². The van der Waals surface area contributed by atoms with Gasteiger partial charge in [0, 0.05) is 13.0 Å². The van der Waals surface area contributed by atoms with Gasteiger partial charge in [-0.1, -0.05) is 6.42 Å². The Hall–Kier alpha value is -1.41. The number of hydrogen-bond donors (Lipinski definition) is 0. The number of nitriles is 1. The van der Waals surface area contributed by atoms with Crippen molar-refractivity contribution < 1.29 is 4.79 Å². The fourth-order valence-electron chi connectivity index (χ4n) is 2.07. The number of ketones is 1. The SMILES string of the molecule is N#C[C@H](C(=O)CCl)c1nnc2n1CCCCC2. The van der Waals surface area contributed by atoms with Gasteiger partial charge >= 0.3 is 0 Å². The van der Waals surface area contributed by atoms with Crippen LogP contribution in [0.1, 0.15) is 36.8 Å². The van der Waals surface area contributed by atoms with Crippen molar-refractivity contribution in [2.24, 2.45) is 0 Å². The van der Waals surface area contributed by atoms with E-state index in [-0.39, 0.29) is 11.7 Å². The van der Waals surface area contributed by atoms with Gasteiger partial charge in [-0.2, -0.15) is 5.26 Å². The first-order chi connectivity index (χ1) is 8.27. The number of alkyl halides is 1. The van der Waals surface area contributed by atoms with Crippen molar-refractivity contribution in [2.75, 3.05) is 5.88 Å². The van der Waals surface area contributed by atoms with E-state index in [2.05, 4.69) is 10.2 Å². The molecule has 0 N–H and O–H groups in total. The van der Waals surface area contributed by atoms with Gasteiger partial charge in [0.25, 0.3) is 0 Å². The maximum Gasteiger partial charge on any atom is 0.172 e.